The molecule has 2 rings (SSSR count). The van der Waals surface area contributed by atoms with Gasteiger partial charge in [-0.15, -0.1) is 0 Å². The second-order valence-corrected chi connectivity index (χ2v) is 6.05. The zero-order valence-electron chi connectivity index (χ0n) is 11.8. The largest absolute Gasteiger partial charge is 0.368 e. The van der Waals surface area contributed by atoms with Gasteiger partial charge in [0.15, 0.2) is 0 Å². The Morgan fingerprint density at radius 1 is 1.16 bits per heavy atom. The summed E-state index contributed by atoms with van der Waals surface area (Å²) in [5, 5.41) is 0.842. The van der Waals surface area contributed by atoms with Crippen molar-refractivity contribution < 1.29 is 0 Å². The molecule has 1 aromatic carbocycles. The molecule has 2 N–H and O–H groups in total. The van der Waals surface area contributed by atoms with Crippen LogP contribution in [0.1, 0.15) is 13.8 Å². The number of hydrogen-bond donors (Lipinski definition) is 1. The van der Waals surface area contributed by atoms with Gasteiger partial charge in [-0.2, -0.15) is 0 Å². The summed E-state index contributed by atoms with van der Waals surface area (Å²) in [5.74, 6) is 0.543. The van der Waals surface area contributed by atoms with Gasteiger partial charge >= 0.3 is 0 Å². The lowest BCUT2D eigenvalue weighted by Crippen LogP contribution is -2.50. The molecule has 0 spiro atoms. The highest BCUT2D eigenvalue weighted by atomic mass is 35.5. The van der Waals surface area contributed by atoms with E-state index in [1.54, 1.807) is 0 Å². The Labute approximate surface area is 121 Å². The minimum absolute atomic E-state index is 0.270. The maximum absolute atomic E-state index is 6.24. The van der Waals surface area contributed by atoms with E-state index in [1.807, 2.05) is 18.2 Å². The fourth-order valence-electron chi connectivity index (χ4n) is 2.39. The molecular weight excluding hydrogens is 258 g/mol. The highest BCUT2D eigenvalue weighted by Gasteiger charge is 2.20. The lowest BCUT2D eigenvalue weighted by Gasteiger charge is -2.38. The minimum atomic E-state index is 0.270. The van der Waals surface area contributed by atoms with E-state index in [9.17, 15) is 0 Å². The first-order chi connectivity index (χ1) is 9.08. The summed E-state index contributed by atoms with van der Waals surface area (Å²) in [6.07, 6.45) is 0. The van der Waals surface area contributed by atoms with Gasteiger partial charge in [0.05, 0.1) is 10.7 Å². The van der Waals surface area contributed by atoms with Crippen molar-refractivity contribution in [1.82, 2.24) is 4.90 Å². The van der Waals surface area contributed by atoms with E-state index in [-0.39, 0.29) is 6.04 Å². The molecule has 106 valence electrons. The summed E-state index contributed by atoms with van der Waals surface area (Å²) in [7, 11) is 0. The van der Waals surface area contributed by atoms with Gasteiger partial charge in [-0.05, 0) is 18.1 Å². The molecule has 1 unspecified atom stereocenters. The topological polar surface area (TPSA) is 32.5 Å². The Balaban J connectivity index is 1.88. The molecule has 0 radical (unpaired) electrons. The summed E-state index contributed by atoms with van der Waals surface area (Å²) < 4.78 is 0. The van der Waals surface area contributed by atoms with Crippen LogP contribution in [-0.4, -0.2) is 43.7 Å². The molecule has 3 nitrogen and oxygen atoms in total. The van der Waals surface area contributed by atoms with Crippen LogP contribution in [0.2, 0.25) is 5.02 Å². The Morgan fingerprint density at radius 2 is 1.79 bits per heavy atom. The van der Waals surface area contributed by atoms with Crippen molar-refractivity contribution in [2.45, 2.75) is 19.9 Å². The number of hydrogen-bond acceptors (Lipinski definition) is 3. The Hall–Kier alpha value is -0.770. The van der Waals surface area contributed by atoms with Crippen LogP contribution in [0.4, 0.5) is 5.69 Å². The molecule has 1 saturated heterocycles. The third-order valence-corrected chi connectivity index (χ3v) is 4.21. The normalized spacial score (nSPS) is 18.9. The van der Waals surface area contributed by atoms with Crippen LogP contribution < -0.4 is 10.6 Å². The van der Waals surface area contributed by atoms with Crippen LogP contribution in [0.15, 0.2) is 24.3 Å². The molecule has 1 aromatic rings. The maximum Gasteiger partial charge on any atom is 0.0639 e. The van der Waals surface area contributed by atoms with Crippen LogP contribution in [0.25, 0.3) is 0 Å². The lowest BCUT2D eigenvalue weighted by molar-refractivity contribution is 0.226. The first-order valence-electron chi connectivity index (χ1n) is 7.05. The van der Waals surface area contributed by atoms with Gasteiger partial charge in [0.2, 0.25) is 0 Å². The predicted molar refractivity (Wildman–Crippen MR) is 82.9 cm³/mol. The maximum atomic E-state index is 6.24. The number of halogens is 1. The van der Waals surface area contributed by atoms with Crippen LogP contribution >= 0.6 is 11.6 Å². The monoisotopic (exact) mass is 281 g/mol. The fourth-order valence-corrected chi connectivity index (χ4v) is 2.64. The molecule has 1 aliphatic rings. The van der Waals surface area contributed by atoms with Crippen molar-refractivity contribution >= 4 is 17.3 Å². The number of nitrogens with zero attached hydrogens (tertiary/aromatic N) is 2. The highest BCUT2D eigenvalue weighted by molar-refractivity contribution is 6.33. The van der Waals surface area contributed by atoms with Gasteiger partial charge in [-0.1, -0.05) is 37.6 Å². The summed E-state index contributed by atoms with van der Waals surface area (Å²) >= 11 is 6.24. The molecule has 1 aliphatic heterocycles. The quantitative estimate of drug-likeness (QED) is 0.920. The molecular formula is C15H24ClN3. The molecule has 0 aliphatic carbocycles. The third kappa shape index (κ3) is 3.85. The van der Waals surface area contributed by atoms with Gasteiger partial charge in [0, 0.05) is 38.8 Å². The van der Waals surface area contributed by atoms with Crippen LogP contribution in [0.5, 0.6) is 0 Å². The smallest absolute Gasteiger partial charge is 0.0639 e. The van der Waals surface area contributed by atoms with Gasteiger partial charge in [0.25, 0.3) is 0 Å². The summed E-state index contributed by atoms with van der Waals surface area (Å²) in [6, 6.07) is 8.34. The first-order valence-corrected chi connectivity index (χ1v) is 7.43. The average molecular weight is 282 g/mol. The summed E-state index contributed by atoms with van der Waals surface area (Å²) in [4.78, 5) is 4.82. The van der Waals surface area contributed by atoms with Gasteiger partial charge in [0.1, 0.15) is 0 Å². The zero-order chi connectivity index (χ0) is 13.8. The zero-order valence-corrected chi connectivity index (χ0v) is 12.6. The number of nitrogens with two attached hydrogens (primary N) is 1. The highest BCUT2D eigenvalue weighted by Crippen LogP contribution is 2.26. The second-order valence-electron chi connectivity index (χ2n) is 5.65. The van der Waals surface area contributed by atoms with Gasteiger partial charge < -0.3 is 10.6 Å². The van der Waals surface area contributed by atoms with E-state index in [0.717, 1.165) is 43.4 Å². The summed E-state index contributed by atoms with van der Waals surface area (Å²) in [6.45, 7) is 9.53. The van der Waals surface area contributed by atoms with Gasteiger partial charge in [-0.25, -0.2) is 0 Å². The molecule has 19 heavy (non-hydrogen) atoms. The summed E-state index contributed by atoms with van der Waals surface area (Å²) in [5.41, 5.74) is 7.29. The molecule has 1 heterocycles. The number of para-hydroxylation sites is 1. The second kappa shape index (κ2) is 6.60. The van der Waals surface area contributed by atoms with E-state index >= 15 is 0 Å². The molecule has 1 atom stereocenters. The Bertz CT molecular complexity index is 400. The number of benzene rings is 1. The fraction of sp³-hybridized carbons (Fsp3) is 0.600. The molecule has 0 bridgehead atoms. The van der Waals surface area contributed by atoms with E-state index in [0.29, 0.717) is 5.92 Å². The SMILES string of the molecule is CC(C)C(N)CN1CCN(c2ccccc2Cl)CC1. The average Bonchev–Trinajstić information content (AvgIpc) is 2.40. The van der Waals surface area contributed by atoms with Crippen LogP contribution in [0.3, 0.4) is 0 Å². The predicted octanol–water partition coefficient (Wildman–Crippen LogP) is 2.45. The molecule has 0 saturated carbocycles. The van der Waals surface area contributed by atoms with Crippen molar-refractivity contribution in [2.24, 2.45) is 11.7 Å². The van der Waals surface area contributed by atoms with E-state index in [4.69, 9.17) is 17.3 Å². The Morgan fingerprint density at radius 3 is 2.37 bits per heavy atom. The van der Waals surface area contributed by atoms with E-state index in [2.05, 4.69) is 29.7 Å². The number of piperazine rings is 1. The molecule has 1 fully saturated rings. The van der Waals surface area contributed by atoms with Crippen molar-refractivity contribution in [3.8, 4) is 0 Å². The molecule has 4 heteroatoms. The molecule has 0 amide bonds. The number of rotatable bonds is 4. The van der Waals surface area contributed by atoms with Crippen molar-refractivity contribution in [2.75, 3.05) is 37.6 Å². The molecule has 0 aromatic heterocycles. The van der Waals surface area contributed by atoms with Crippen LogP contribution in [-0.2, 0) is 0 Å². The van der Waals surface area contributed by atoms with Crippen LogP contribution in [0, 0.1) is 5.92 Å². The van der Waals surface area contributed by atoms with Gasteiger partial charge in [-0.3, -0.25) is 4.90 Å². The Kier molecular flexibility index (Phi) is 5.08. The van der Waals surface area contributed by atoms with Crippen molar-refractivity contribution in [3.05, 3.63) is 29.3 Å². The van der Waals surface area contributed by atoms with E-state index < -0.39 is 0 Å². The lowest BCUT2D eigenvalue weighted by atomic mass is 10.0. The van der Waals surface area contributed by atoms with Crippen molar-refractivity contribution in [3.63, 3.8) is 0 Å². The number of anilines is 1. The first kappa shape index (κ1) is 14.6. The standard InChI is InChI=1S/C15H24ClN3/c1-12(2)14(17)11-18-7-9-19(10-8-18)15-6-4-3-5-13(15)16/h3-6,12,14H,7-11,17H2,1-2H3. The van der Waals surface area contributed by atoms with E-state index in [1.165, 1.54) is 0 Å². The third-order valence-electron chi connectivity index (χ3n) is 3.89. The van der Waals surface area contributed by atoms with Crippen molar-refractivity contribution in [1.29, 1.82) is 0 Å². The minimum Gasteiger partial charge on any atom is -0.368 e.